The maximum atomic E-state index is 13.0. The van der Waals surface area contributed by atoms with Gasteiger partial charge in [-0.3, -0.25) is 4.79 Å². The number of piperazine rings is 1. The van der Waals surface area contributed by atoms with Crippen LogP contribution in [0.4, 0.5) is 5.82 Å². The number of aromatic nitrogens is 2. The van der Waals surface area contributed by atoms with Gasteiger partial charge in [0.25, 0.3) is 5.91 Å². The van der Waals surface area contributed by atoms with Crippen LogP contribution >= 0.6 is 11.3 Å². The Kier molecular flexibility index (Phi) is 4.70. The lowest BCUT2D eigenvalue weighted by atomic mass is 10.2. The van der Waals surface area contributed by atoms with Crippen molar-refractivity contribution in [1.82, 2.24) is 20.2 Å². The van der Waals surface area contributed by atoms with Crippen LogP contribution in [0.1, 0.15) is 33.4 Å². The van der Waals surface area contributed by atoms with Gasteiger partial charge in [-0.1, -0.05) is 12.1 Å². The van der Waals surface area contributed by atoms with Crippen LogP contribution in [0.5, 0.6) is 0 Å². The van der Waals surface area contributed by atoms with Gasteiger partial charge in [-0.25, -0.2) is 9.97 Å². The van der Waals surface area contributed by atoms with E-state index in [2.05, 4.69) is 32.3 Å². The van der Waals surface area contributed by atoms with Crippen LogP contribution in [0.2, 0.25) is 0 Å². The predicted octanol–water partition coefficient (Wildman–Crippen LogP) is 3.08. The van der Waals surface area contributed by atoms with Crippen molar-refractivity contribution in [1.29, 1.82) is 0 Å². The molecule has 0 spiro atoms. The van der Waals surface area contributed by atoms with Crippen molar-refractivity contribution in [2.24, 2.45) is 0 Å². The molecule has 1 atom stereocenters. The number of fused-ring (bicyclic) bond motifs is 1. The molecule has 1 unspecified atom stereocenters. The fourth-order valence-electron chi connectivity index (χ4n) is 4.10. The second-order valence-electron chi connectivity index (χ2n) is 7.34. The Labute approximate surface area is 168 Å². The summed E-state index contributed by atoms with van der Waals surface area (Å²) in [5, 5.41) is 4.58. The van der Waals surface area contributed by atoms with Crippen LogP contribution in [0.25, 0.3) is 10.9 Å². The molecular formula is C21H23N5OS. The fourth-order valence-corrected chi connectivity index (χ4v) is 5.19. The summed E-state index contributed by atoms with van der Waals surface area (Å²) in [6, 6.07) is 12.6. The highest BCUT2D eigenvalue weighted by Gasteiger charge is 2.26. The van der Waals surface area contributed by atoms with Gasteiger partial charge in [-0.15, -0.1) is 11.3 Å². The Morgan fingerprint density at radius 2 is 1.93 bits per heavy atom. The predicted molar refractivity (Wildman–Crippen MR) is 112 cm³/mol. The zero-order valence-corrected chi connectivity index (χ0v) is 16.5. The summed E-state index contributed by atoms with van der Waals surface area (Å²) in [5.74, 6) is 1.12. The minimum absolute atomic E-state index is 0.154. The molecule has 1 N–H and O–H groups in total. The van der Waals surface area contributed by atoms with Crippen LogP contribution in [0.3, 0.4) is 0 Å². The number of anilines is 1. The molecule has 1 amide bonds. The highest BCUT2D eigenvalue weighted by atomic mass is 32.1. The lowest BCUT2D eigenvalue weighted by molar-refractivity contribution is 0.0751. The summed E-state index contributed by atoms with van der Waals surface area (Å²) >= 11 is 1.64. The van der Waals surface area contributed by atoms with Gasteiger partial charge < -0.3 is 15.1 Å². The van der Waals surface area contributed by atoms with E-state index in [9.17, 15) is 4.79 Å². The van der Waals surface area contributed by atoms with Gasteiger partial charge in [0.05, 0.1) is 10.4 Å². The number of hydrogen-bond acceptors (Lipinski definition) is 6. The normalized spacial score (nSPS) is 20.1. The average molecular weight is 394 g/mol. The molecule has 5 rings (SSSR count). The van der Waals surface area contributed by atoms with Crippen molar-refractivity contribution in [2.45, 2.75) is 18.9 Å². The largest absolute Gasteiger partial charge is 0.352 e. The molecule has 7 heteroatoms. The zero-order valence-electron chi connectivity index (χ0n) is 15.7. The Bertz CT molecular complexity index is 984. The highest BCUT2D eigenvalue weighted by molar-refractivity contribution is 7.14. The minimum Gasteiger partial charge on any atom is -0.352 e. The van der Waals surface area contributed by atoms with Gasteiger partial charge in [0.1, 0.15) is 12.1 Å². The Hall–Kier alpha value is -2.51. The first-order valence-electron chi connectivity index (χ1n) is 9.87. The topological polar surface area (TPSA) is 61.4 Å². The molecule has 1 aromatic carbocycles. The average Bonchev–Trinajstić information content (AvgIpc) is 3.45. The smallest absolute Gasteiger partial charge is 0.264 e. The zero-order chi connectivity index (χ0) is 18.9. The van der Waals surface area contributed by atoms with Gasteiger partial charge in [-0.05, 0) is 43.7 Å². The number of carbonyl (C=O) groups excluding carboxylic acids is 1. The first-order valence-corrected chi connectivity index (χ1v) is 10.7. The number of rotatable bonds is 3. The summed E-state index contributed by atoms with van der Waals surface area (Å²) in [6.07, 6.45) is 4.00. The van der Waals surface area contributed by atoms with Crippen LogP contribution in [0.15, 0.2) is 42.7 Å². The molecule has 2 aliphatic rings. The van der Waals surface area contributed by atoms with Crippen molar-refractivity contribution in [3.05, 3.63) is 52.5 Å². The van der Waals surface area contributed by atoms with Gasteiger partial charge in [0.15, 0.2) is 0 Å². The summed E-state index contributed by atoms with van der Waals surface area (Å²) in [7, 11) is 0. The van der Waals surface area contributed by atoms with Crippen molar-refractivity contribution < 1.29 is 4.79 Å². The van der Waals surface area contributed by atoms with E-state index < -0.39 is 0 Å². The third-order valence-corrected chi connectivity index (χ3v) is 6.82. The molecule has 2 saturated heterocycles. The van der Waals surface area contributed by atoms with E-state index in [4.69, 9.17) is 0 Å². The van der Waals surface area contributed by atoms with E-state index >= 15 is 0 Å². The van der Waals surface area contributed by atoms with Crippen LogP contribution < -0.4 is 10.2 Å². The number of carbonyl (C=O) groups is 1. The molecule has 0 saturated carbocycles. The summed E-state index contributed by atoms with van der Waals surface area (Å²) < 4.78 is 0. The van der Waals surface area contributed by atoms with E-state index in [1.54, 1.807) is 17.7 Å². The van der Waals surface area contributed by atoms with Crippen molar-refractivity contribution >= 4 is 34.0 Å². The van der Waals surface area contributed by atoms with E-state index in [0.29, 0.717) is 19.1 Å². The number of para-hydroxylation sites is 1. The molecule has 3 aromatic rings. The van der Waals surface area contributed by atoms with E-state index in [1.807, 2.05) is 29.2 Å². The monoisotopic (exact) mass is 393 g/mol. The molecule has 0 aliphatic carbocycles. The summed E-state index contributed by atoms with van der Waals surface area (Å²) in [6.45, 7) is 4.08. The molecule has 0 radical (unpaired) electrons. The summed E-state index contributed by atoms with van der Waals surface area (Å²) in [4.78, 5) is 28.2. The summed E-state index contributed by atoms with van der Waals surface area (Å²) in [5.41, 5.74) is 0.956. The molecular weight excluding hydrogens is 370 g/mol. The van der Waals surface area contributed by atoms with Gasteiger partial charge in [0.2, 0.25) is 0 Å². The molecule has 4 heterocycles. The quantitative estimate of drug-likeness (QED) is 0.741. The third kappa shape index (κ3) is 3.25. The maximum absolute atomic E-state index is 13.0. The maximum Gasteiger partial charge on any atom is 0.264 e. The third-order valence-electron chi connectivity index (χ3n) is 5.63. The Morgan fingerprint density at radius 3 is 2.75 bits per heavy atom. The molecule has 28 heavy (non-hydrogen) atoms. The number of benzene rings is 1. The van der Waals surface area contributed by atoms with Gasteiger partial charge in [0, 0.05) is 42.5 Å². The van der Waals surface area contributed by atoms with Crippen molar-refractivity contribution in [3.63, 3.8) is 0 Å². The van der Waals surface area contributed by atoms with E-state index in [0.717, 1.165) is 41.2 Å². The van der Waals surface area contributed by atoms with Crippen molar-refractivity contribution in [3.8, 4) is 0 Å². The van der Waals surface area contributed by atoms with E-state index in [1.165, 1.54) is 17.7 Å². The first-order chi connectivity index (χ1) is 13.8. The lowest BCUT2D eigenvalue weighted by Gasteiger charge is -2.35. The molecule has 0 bridgehead atoms. The lowest BCUT2D eigenvalue weighted by Crippen LogP contribution is -2.49. The molecule has 2 aliphatic heterocycles. The minimum atomic E-state index is 0.154. The van der Waals surface area contributed by atoms with Crippen LogP contribution in [0, 0.1) is 0 Å². The number of amides is 1. The molecule has 2 aromatic heterocycles. The van der Waals surface area contributed by atoms with Crippen LogP contribution in [-0.4, -0.2) is 53.5 Å². The number of hydrogen-bond donors (Lipinski definition) is 1. The molecule has 2 fully saturated rings. The second-order valence-corrected chi connectivity index (χ2v) is 8.46. The molecule has 6 nitrogen and oxygen atoms in total. The standard InChI is InChI=1S/C21H23N5OS/c27-21(19-8-7-18(28-19)17-6-3-9-22-17)26-12-10-25(11-13-26)20-15-4-1-2-5-16(15)23-14-24-20/h1-2,4-5,7-8,14,17,22H,3,6,9-13H2. The SMILES string of the molecule is O=C(c1ccc(C2CCCN2)s1)N1CCN(c2ncnc3ccccc23)CC1. The number of nitrogens with zero attached hydrogens (tertiary/aromatic N) is 4. The number of nitrogens with one attached hydrogen (secondary N) is 1. The Balaban J connectivity index is 1.27. The first kappa shape index (κ1) is 17.6. The second kappa shape index (κ2) is 7.48. The Morgan fingerprint density at radius 1 is 1.07 bits per heavy atom. The van der Waals surface area contributed by atoms with Crippen LogP contribution in [-0.2, 0) is 0 Å². The molecule has 144 valence electrons. The highest BCUT2D eigenvalue weighted by Crippen LogP contribution is 2.30. The van der Waals surface area contributed by atoms with Gasteiger partial charge >= 0.3 is 0 Å². The number of thiophene rings is 1. The fraction of sp³-hybridized carbons (Fsp3) is 0.381. The van der Waals surface area contributed by atoms with E-state index in [-0.39, 0.29) is 5.91 Å². The van der Waals surface area contributed by atoms with Gasteiger partial charge in [-0.2, -0.15) is 0 Å². The van der Waals surface area contributed by atoms with Crippen molar-refractivity contribution in [2.75, 3.05) is 37.6 Å².